The molecule has 0 aliphatic carbocycles. The first-order valence-corrected chi connectivity index (χ1v) is 8.15. The second-order valence-corrected chi connectivity index (χ2v) is 7.55. The van der Waals surface area contributed by atoms with Crippen molar-refractivity contribution in [2.75, 3.05) is 11.5 Å². The zero-order chi connectivity index (χ0) is 12.0. The van der Waals surface area contributed by atoms with Crippen LogP contribution in [0.5, 0.6) is 0 Å². The average molecular weight is 254 g/mol. The first-order chi connectivity index (χ1) is 8.07. The van der Waals surface area contributed by atoms with Crippen LogP contribution in [0.25, 0.3) is 0 Å². The van der Waals surface area contributed by atoms with Gasteiger partial charge in [0.1, 0.15) is 5.82 Å². The third-order valence-electron chi connectivity index (χ3n) is 4.00. The molecule has 3 rings (SSSR count). The molecule has 2 atom stereocenters. The van der Waals surface area contributed by atoms with Crippen molar-refractivity contribution in [1.29, 1.82) is 0 Å². The molecule has 2 aliphatic rings. The zero-order valence-electron chi connectivity index (χ0n) is 10.1. The molecule has 5 heteroatoms. The summed E-state index contributed by atoms with van der Waals surface area (Å²) in [6, 6.07) is 0.472. The SMILES string of the molecule is CC1CCCc2cnc(C3CCS(=O)(=O)C3)n21. The van der Waals surface area contributed by atoms with Gasteiger partial charge in [0, 0.05) is 23.9 Å². The van der Waals surface area contributed by atoms with E-state index in [1.54, 1.807) is 0 Å². The number of hydrogen-bond acceptors (Lipinski definition) is 3. The Morgan fingerprint density at radius 2 is 2.24 bits per heavy atom. The molecule has 0 bridgehead atoms. The molecule has 0 spiro atoms. The van der Waals surface area contributed by atoms with Crippen LogP contribution in [0.2, 0.25) is 0 Å². The van der Waals surface area contributed by atoms with Crippen LogP contribution in [-0.2, 0) is 16.3 Å². The summed E-state index contributed by atoms with van der Waals surface area (Å²) < 4.78 is 25.4. The van der Waals surface area contributed by atoms with E-state index in [-0.39, 0.29) is 11.7 Å². The third kappa shape index (κ3) is 1.90. The minimum Gasteiger partial charge on any atom is -0.329 e. The number of aromatic nitrogens is 2. The van der Waals surface area contributed by atoms with Crippen LogP contribution < -0.4 is 0 Å². The van der Waals surface area contributed by atoms with Gasteiger partial charge in [-0.3, -0.25) is 0 Å². The lowest BCUT2D eigenvalue weighted by Crippen LogP contribution is -2.19. The molecule has 4 nitrogen and oxygen atoms in total. The number of hydrogen-bond donors (Lipinski definition) is 0. The van der Waals surface area contributed by atoms with Gasteiger partial charge in [-0.05, 0) is 32.6 Å². The maximum atomic E-state index is 11.5. The van der Waals surface area contributed by atoms with Crippen LogP contribution in [0.1, 0.15) is 49.7 Å². The predicted molar refractivity (Wildman–Crippen MR) is 65.9 cm³/mol. The molecule has 0 saturated carbocycles. The van der Waals surface area contributed by atoms with Gasteiger partial charge in [-0.15, -0.1) is 0 Å². The van der Waals surface area contributed by atoms with Gasteiger partial charge in [0.15, 0.2) is 9.84 Å². The van der Waals surface area contributed by atoms with E-state index in [1.807, 2.05) is 6.20 Å². The third-order valence-corrected chi connectivity index (χ3v) is 5.76. The van der Waals surface area contributed by atoms with Crippen molar-refractivity contribution in [1.82, 2.24) is 9.55 Å². The van der Waals surface area contributed by atoms with E-state index >= 15 is 0 Å². The van der Waals surface area contributed by atoms with Gasteiger partial charge < -0.3 is 4.57 Å². The molecule has 0 aromatic carbocycles. The monoisotopic (exact) mass is 254 g/mol. The molecule has 2 aliphatic heterocycles. The Morgan fingerprint density at radius 3 is 2.94 bits per heavy atom. The molecule has 3 heterocycles. The van der Waals surface area contributed by atoms with Gasteiger partial charge >= 0.3 is 0 Å². The lowest BCUT2D eigenvalue weighted by molar-refractivity contribution is 0.410. The van der Waals surface area contributed by atoms with Crippen molar-refractivity contribution in [2.45, 2.75) is 44.6 Å². The standard InChI is InChI=1S/C12H18N2O2S/c1-9-3-2-4-11-7-13-12(14(9)11)10-5-6-17(15,16)8-10/h7,9-10H,2-6,8H2,1H3. The smallest absolute Gasteiger partial charge is 0.151 e. The van der Waals surface area contributed by atoms with Crippen molar-refractivity contribution in [2.24, 2.45) is 0 Å². The van der Waals surface area contributed by atoms with Gasteiger partial charge in [-0.25, -0.2) is 13.4 Å². The van der Waals surface area contributed by atoms with E-state index in [0.717, 1.165) is 18.7 Å². The molecule has 1 saturated heterocycles. The highest BCUT2D eigenvalue weighted by Gasteiger charge is 2.33. The Labute approximate surface area is 102 Å². The van der Waals surface area contributed by atoms with Gasteiger partial charge in [0.05, 0.1) is 11.5 Å². The largest absolute Gasteiger partial charge is 0.329 e. The molecule has 0 radical (unpaired) electrons. The fraction of sp³-hybridized carbons (Fsp3) is 0.750. The predicted octanol–water partition coefficient (Wildman–Crippen LogP) is 1.68. The fourth-order valence-electron chi connectivity index (χ4n) is 3.11. The van der Waals surface area contributed by atoms with Gasteiger partial charge in [0.2, 0.25) is 0 Å². The highest BCUT2D eigenvalue weighted by atomic mass is 32.2. The van der Waals surface area contributed by atoms with Crippen molar-refractivity contribution in [3.05, 3.63) is 17.7 Å². The van der Waals surface area contributed by atoms with E-state index < -0.39 is 9.84 Å². The summed E-state index contributed by atoms with van der Waals surface area (Å²) in [5.74, 6) is 1.74. The van der Waals surface area contributed by atoms with E-state index in [4.69, 9.17) is 0 Å². The maximum Gasteiger partial charge on any atom is 0.151 e. The summed E-state index contributed by atoms with van der Waals surface area (Å²) in [6.45, 7) is 2.21. The zero-order valence-corrected chi connectivity index (χ0v) is 10.9. The van der Waals surface area contributed by atoms with Crippen LogP contribution in [-0.4, -0.2) is 29.5 Å². The van der Waals surface area contributed by atoms with E-state index in [2.05, 4.69) is 16.5 Å². The molecule has 0 amide bonds. The molecular weight excluding hydrogens is 236 g/mol. The first-order valence-electron chi connectivity index (χ1n) is 6.33. The number of imidazole rings is 1. The molecule has 1 aromatic rings. The van der Waals surface area contributed by atoms with E-state index in [0.29, 0.717) is 11.8 Å². The molecule has 17 heavy (non-hydrogen) atoms. The summed E-state index contributed by atoms with van der Waals surface area (Å²) >= 11 is 0. The Morgan fingerprint density at radius 1 is 1.41 bits per heavy atom. The Kier molecular flexibility index (Phi) is 2.54. The number of fused-ring (bicyclic) bond motifs is 1. The van der Waals surface area contributed by atoms with Crippen LogP contribution in [0.15, 0.2) is 6.20 Å². The van der Waals surface area contributed by atoms with Crippen LogP contribution in [0.3, 0.4) is 0 Å². The van der Waals surface area contributed by atoms with Crippen LogP contribution in [0, 0.1) is 0 Å². The summed E-state index contributed by atoms with van der Waals surface area (Å²) in [4.78, 5) is 4.49. The van der Waals surface area contributed by atoms with Crippen molar-refractivity contribution < 1.29 is 8.42 Å². The summed E-state index contributed by atoms with van der Waals surface area (Å²) in [5.41, 5.74) is 1.28. The lowest BCUT2D eigenvalue weighted by Gasteiger charge is -2.25. The quantitative estimate of drug-likeness (QED) is 0.766. The van der Waals surface area contributed by atoms with Crippen molar-refractivity contribution in [3.8, 4) is 0 Å². The summed E-state index contributed by atoms with van der Waals surface area (Å²) in [7, 11) is -2.82. The Balaban J connectivity index is 1.97. The minimum atomic E-state index is -2.82. The molecule has 94 valence electrons. The average Bonchev–Trinajstić information content (AvgIpc) is 2.82. The second-order valence-electron chi connectivity index (χ2n) is 5.32. The number of aryl methyl sites for hydroxylation is 1. The Hall–Kier alpha value is -0.840. The number of nitrogens with zero attached hydrogens (tertiary/aromatic N) is 2. The maximum absolute atomic E-state index is 11.5. The molecule has 2 unspecified atom stereocenters. The molecule has 0 N–H and O–H groups in total. The van der Waals surface area contributed by atoms with Crippen LogP contribution >= 0.6 is 0 Å². The number of rotatable bonds is 1. The highest BCUT2D eigenvalue weighted by molar-refractivity contribution is 7.91. The topological polar surface area (TPSA) is 52.0 Å². The molecule has 1 aromatic heterocycles. The normalized spacial score (nSPS) is 31.4. The van der Waals surface area contributed by atoms with Crippen molar-refractivity contribution >= 4 is 9.84 Å². The highest BCUT2D eigenvalue weighted by Crippen LogP contribution is 2.33. The van der Waals surface area contributed by atoms with Gasteiger partial charge in [0.25, 0.3) is 0 Å². The van der Waals surface area contributed by atoms with E-state index in [1.165, 1.54) is 18.5 Å². The van der Waals surface area contributed by atoms with Gasteiger partial charge in [-0.1, -0.05) is 0 Å². The lowest BCUT2D eigenvalue weighted by atomic mass is 10.0. The summed E-state index contributed by atoms with van der Waals surface area (Å²) in [5, 5.41) is 0. The number of sulfone groups is 1. The first kappa shape index (κ1) is 11.3. The molecular formula is C12H18N2O2S. The molecule has 1 fully saturated rings. The summed E-state index contributed by atoms with van der Waals surface area (Å²) in [6.07, 6.45) is 6.16. The fourth-order valence-corrected chi connectivity index (χ4v) is 4.85. The Bertz CT molecular complexity index is 533. The van der Waals surface area contributed by atoms with Crippen LogP contribution in [0.4, 0.5) is 0 Å². The minimum absolute atomic E-state index is 0.120. The van der Waals surface area contributed by atoms with Gasteiger partial charge in [-0.2, -0.15) is 0 Å². The van der Waals surface area contributed by atoms with E-state index in [9.17, 15) is 8.42 Å². The van der Waals surface area contributed by atoms with Crippen molar-refractivity contribution in [3.63, 3.8) is 0 Å². The second kappa shape index (κ2) is 3.83.